The zero-order valence-electron chi connectivity index (χ0n) is 68.4. The molecule has 0 radical (unpaired) electrons. The van der Waals surface area contributed by atoms with Gasteiger partial charge in [0.05, 0.1) is 17.3 Å². The minimum atomic E-state index is -5.30. The molecule has 0 aliphatic rings. The van der Waals surface area contributed by atoms with Crippen LogP contribution in [0.4, 0.5) is 52.7 Å². The van der Waals surface area contributed by atoms with Gasteiger partial charge in [0.25, 0.3) is 17.3 Å². The standard InChI is InChI=1S/C12H13F3O.C11H10F3NO2S.C11H9F3O3.C9H19N3.C8H19N.C6H5NO2.C4H4F3NO2S.C4H9NO2.C2H4N4OS.C2H7N.2C2H6/c1-6-10(4,5)11(7-2,8-3)9(16)12(13,14)15;1-5-10(6-2,7(16)11(12,13)14)9(3,4)8(17)15-18;1-5-10(6-2,7(15)11(12,13)14)9(3,4)8(16)17;1-6-8(2,3)9(4,5)7-11-12-10;1-6-7(2,3)8(4,5)9;1-3-6(7,4-2)5(8)9;5-4(6,7)2(9)1-3(10)8-11;1-4(2,5)3(6)7;3-6-4-1-2(7)5-8;1-2-3;2*1-2/h2-3H,6H2,1,4-5H3;1-2,18H,3-4H3,(H,15,17);1-2H,3-4H3,(H,16,17);6-7H2,1-5H3;6,9H2,1-5H3;1-2H,7H2,(H,8,9);11H,1H2,(H,8,10);5H2,1-2H3,(H,6,7);8H,1H2,(H,5,7);2-3H2,1H3;2*1-2H3. The van der Waals surface area contributed by atoms with Gasteiger partial charge in [-0.05, 0) is 107 Å². The van der Waals surface area contributed by atoms with E-state index in [1.54, 1.807) is 35.3 Å². The summed E-state index contributed by atoms with van der Waals surface area (Å²) in [6.45, 7) is 43.9. The van der Waals surface area contributed by atoms with Gasteiger partial charge in [-0.15, -0.1) is 51.4 Å². The van der Waals surface area contributed by atoms with E-state index in [9.17, 15) is 101 Å². The molecule has 0 aromatic heterocycles. The van der Waals surface area contributed by atoms with Gasteiger partial charge in [0, 0.05) is 21.9 Å². The van der Waals surface area contributed by atoms with Crippen LogP contribution in [0, 0.1) is 147 Å². The minimum absolute atomic E-state index is 0.0538. The summed E-state index contributed by atoms with van der Waals surface area (Å²) in [5.74, 6) is -1.89. The zero-order valence-corrected chi connectivity index (χ0v) is 71.0. The molecule has 114 heavy (non-hydrogen) atoms. The van der Waals surface area contributed by atoms with Crippen LogP contribution in [-0.2, 0) is 47.9 Å². The van der Waals surface area contributed by atoms with Crippen molar-refractivity contribution in [1.29, 1.82) is 0 Å². The Morgan fingerprint density at radius 1 is 0.412 bits per heavy atom. The first-order valence-corrected chi connectivity index (χ1v) is 34.1. The molecular weight excluding hydrogens is 1590 g/mol. The molecule has 0 aromatic carbocycles. The van der Waals surface area contributed by atoms with Gasteiger partial charge >= 0.3 is 42.6 Å². The molecule has 41 heteroatoms. The van der Waals surface area contributed by atoms with Crippen LogP contribution in [-0.4, -0.2) is 135 Å². The molecule has 0 aliphatic carbocycles. The summed E-state index contributed by atoms with van der Waals surface area (Å²) < 4.78 is 152. The Labute approximate surface area is 678 Å². The molecule has 0 saturated carbocycles. The van der Waals surface area contributed by atoms with Crippen LogP contribution < -0.4 is 37.1 Å². The number of carbonyl (C=O) groups excluding carboxylic acids is 7. The Hall–Kier alpha value is -9.35. The summed E-state index contributed by atoms with van der Waals surface area (Å²) in [5.41, 5.74) is 21.1. The first-order valence-electron chi connectivity index (χ1n) is 32.7. The number of hydrogen-bond donors (Lipinski definition) is 13. The molecule has 3 amide bonds. The third-order valence-corrected chi connectivity index (χ3v) is 17.2. The second-order valence-electron chi connectivity index (χ2n) is 26.7. The normalized spacial score (nSPS) is 11.2. The van der Waals surface area contributed by atoms with E-state index in [0.717, 1.165) is 47.1 Å². The molecule has 0 spiro atoms. The first-order chi connectivity index (χ1) is 50.9. The van der Waals surface area contributed by atoms with E-state index in [1.165, 1.54) is 39.5 Å². The van der Waals surface area contributed by atoms with Crippen LogP contribution in [0.5, 0.6) is 0 Å². The number of hydrogen-bond acceptors (Lipinski definition) is 19. The lowest BCUT2D eigenvalue weighted by molar-refractivity contribution is -0.184. The van der Waals surface area contributed by atoms with Gasteiger partial charge in [-0.3, -0.25) is 48.9 Å². The van der Waals surface area contributed by atoms with E-state index in [4.69, 9.17) is 101 Å². The average molecular weight is 1700 g/mol. The highest BCUT2D eigenvalue weighted by Gasteiger charge is 2.63. The van der Waals surface area contributed by atoms with Crippen molar-refractivity contribution in [3.05, 3.63) is 20.9 Å². The molecular formula is C73H111F12N13O13S3. The summed E-state index contributed by atoms with van der Waals surface area (Å²) in [7, 11) is 0. The average Bonchev–Trinajstić information content (AvgIpc) is 0.732. The summed E-state index contributed by atoms with van der Waals surface area (Å²) in [6.07, 6.45) is 20.0. The Morgan fingerprint density at radius 2 is 0.684 bits per heavy atom. The quantitative estimate of drug-likeness (QED) is 0.00965. The van der Waals surface area contributed by atoms with Crippen molar-refractivity contribution in [3.63, 3.8) is 0 Å². The fourth-order valence-electron chi connectivity index (χ4n) is 5.82. The van der Waals surface area contributed by atoms with Crippen molar-refractivity contribution in [3.8, 4) is 98.8 Å². The van der Waals surface area contributed by atoms with Crippen LogP contribution in [0.2, 0.25) is 0 Å². The fourth-order valence-corrected chi connectivity index (χ4v) is 6.25. The number of rotatable bonds is 21. The topological polar surface area (TPSA) is 469 Å². The molecule has 0 fully saturated rings. The lowest BCUT2D eigenvalue weighted by Gasteiger charge is -2.40. The van der Waals surface area contributed by atoms with Gasteiger partial charge in [-0.1, -0.05) is 213 Å². The maximum Gasteiger partial charge on any atom is 0.452 e. The largest absolute Gasteiger partial charge is 0.481 e. The lowest BCUT2D eigenvalue weighted by atomic mass is 9.62. The molecule has 0 aliphatic heterocycles. The number of aliphatic carboxylic acids is 3. The number of terminal acetylenes is 8. The van der Waals surface area contributed by atoms with Gasteiger partial charge in [0.15, 0.2) is 16.2 Å². The summed E-state index contributed by atoms with van der Waals surface area (Å²) in [6, 6.07) is 0. The number of carboxylic acids is 3. The van der Waals surface area contributed by atoms with Crippen LogP contribution in [0.15, 0.2) is 10.2 Å². The van der Waals surface area contributed by atoms with Gasteiger partial charge in [-0.2, -0.15) is 52.7 Å². The monoisotopic (exact) mass is 1700 g/mol. The van der Waals surface area contributed by atoms with Crippen LogP contribution >= 0.6 is 38.4 Å². The number of amides is 3. The number of carboxylic acid groups (broad SMARTS) is 3. The Kier molecular flexibility index (Phi) is 65.3. The minimum Gasteiger partial charge on any atom is -0.481 e. The van der Waals surface area contributed by atoms with Gasteiger partial charge in [0.1, 0.15) is 12.1 Å². The fraction of sp³-hybridized carbons (Fsp3) is 0.644. The predicted octanol–water partition coefficient (Wildman–Crippen LogP) is 13.2. The number of alkyl halides is 12. The summed E-state index contributed by atoms with van der Waals surface area (Å²) in [5, 5.41) is 31.8. The summed E-state index contributed by atoms with van der Waals surface area (Å²) in [4.78, 5) is 112. The van der Waals surface area contributed by atoms with Crippen molar-refractivity contribution in [2.24, 2.45) is 81.9 Å². The van der Waals surface area contributed by atoms with Gasteiger partial charge in [0.2, 0.25) is 29.0 Å². The third kappa shape index (κ3) is 44.9. The smallest absolute Gasteiger partial charge is 0.452 e. The molecule has 14 N–H and O–H groups in total. The van der Waals surface area contributed by atoms with E-state index in [1.807, 2.05) is 55.9 Å². The number of nitrogens with two attached hydrogens (primary N) is 4. The predicted molar refractivity (Wildman–Crippen MR) is 424 cm³/mol. The molecule has 0 unspecified atom stereocenters. The number of carbonyl (C=O) groups is 10. The zero-order chi connectivity index (χ0) is 95.3. The molecule has 0 rings (SSSR count). The van der Waals surface area contributed by atoms with E-state index in [2.05, 4.69) is 128 Å². The Bertz CT molecular complexity index is 3510. The van der Waals surface area contributed by atoms with E-state index in [-0.39, 0.29) is 34.7 Å². The lowest BCUT2D eigenvalue weighted by Crippen LogP contribution is -2.54. The number of halogens is 12. The van der Waals surface area contributed by atoms with Crippen LogP contribution in [0.3, 0.4) is 0 Å². The molecule has 0 bridgehead atoms. The molecule has 0 aromatic rings. The Morgan fingerprint density at radius 3 is 0.851 bits per heavy atom. The number of thiol groups is 3. The molecule has 0 heterocycles. The van der Waals surface area contributed by atoms with Gasteiger partial charge < -0.3 is 46.7 Å². The van der Waals surface area contributed by atoms with Crippen molar-refractivity contribution in [2.45, 2.75) is 233 Å². The van der Waals surface area contributed by atoms with E-state index in [0.29, 0.717) is 6.54 Å². The van der Waals surface area contributed by atoms with Gasteiger partial charge in [-0.25, -0.2) is 4.79 Å². The van der Waals surface area contributed by atoms with E-state index >= 15 is 0 Å². The molecule has 26 nitrogen and oxygen atoms in total. The van der Waals surface area contributed by atoms with Crippen LogP contribution in [0.25, 0.3) is 20.9 Å². The molecule has 648 valence electrons. The van der Waals surface area contributed by atoms with Crippen molar-refractivity contribution in [2.75, 3.05) is 19.6 Å². The maximum atomic E-state index is 12.5. The Balaban J connectivity index is -0.000000103. The number of Topliss-reactive ketones (excluding diaryl/α,β-unsaturated/α-hetero) is 4. The summed E-state index contributed by atoms with van der Waals surface area (Å²) >= 11 is 10.0. The van der Waals surface area contributed by atoms with Crippen molar-refractivity contribution < 1.29 is 116 Å². The molecule has 0 atom stereocenters. The highest BCUT2D eigenvalue weighted by Crippen LogP contribution is 2.47. The third-order valence-electron chi connectivity index (χ3n) is 16.5. The number of nitrogens with zero attached hydrogens (tertiary/aromatic N) is 6. The highest BCUT2D eigenvalue weighted by molar-refractivity contribution is 7.79. The second-order valence-corrected chi connectivity index (χ2v) is 27.4. The maximum absolute atomic E-state index is 12.5. The number of azide groups is 2. The highest BCUT2D eigenvalue weighted by atomic mass is 32.1. The first kappa shape index (κ1) is 131. The second kappa shape index (κ2) is 56.8. The van der Waals surface area contributed by atoms with Crippen molar-refractivity contribution >= 4 is 97.2 Å². The number of nitrogens with one attached hydrogen (secondary N) is 3. The SMILES string of the molecule is C#CC(C#C)(C(=O)C(F)(F)F)C(C)(C)C(=O)NS.C#CC(C#C)(C(=O)C(F)(F)F)C(C)(C)C(=O)O.C#CC(C#C)(C(=O)C(F)(F)F)C(C)(C)CC.C#CC(N)(C#C)C(=O)O.CC.CC.CC(C)(N)C(=O)O.CCC(C)(C)C(C)(C)CN=[N+]=[N-].CCC(C)(C)C(C)(C)N.CCN.O=C(CC(=O)C(F)(F)F)NS.[N-]=[N+]=NCC(=O)NS. The van der Waals surface area contributed by atoms with E-state index < -0.39 is 133 Å². The van der Waals surface area contributed by atoms with Crippen molar-refractivity contribution in [1.82, 2.24) is 14.2 Å². The number of ketones is 4. The van der Waals surface area contributed by atoms with Crippen LogP contribution in [0.1, 0.15) is 192 Å². The molecule has 0 saturated heterocycles.